The fourth-order valence-electron chi connectivity index (χ4n) is 2.56. The van der Waals surface area contributed by atoms with Crippen LogP contribution in [0.5, 0.6) is 5.88 Å². The average Bonchev–Trinajstić information content (AvgIpc) is 3.00. The number of halogens is 1. The highest BCUT2D eigenvalue weighted by atomic mass is 35.5. The maximum atomic E-state index is 12.4. The number of amides is 1. The molecule has 23 heavy (non-hydrogen) atoms. The van der Waals surface area contributed by atoms with Gasteiger partial charge in [-0.15, -0.1) is 5.10 Å². The van der Waals surface area contributed by atoms with E-state index in [-0.39, 0.29) is 12.0 Å². The second-order valence-corrected chi connectivity index (χ2v) is 6.12. The molecule has 1 aliphatic heterocycles. The van der Waals surface area contributed by atoms with E-state index in [2.05, 4.69) is 10.2 Å². The Morgan fingerprint density at radius 1 is 1.26 bits per heavy atom. The van der Waals surface area contributed by atoms with E-state index < -0.39 is 0 Å². The van der Waals surface area contributed by atoms with Gasteiger partial charge in [-0.3, -0.25) is 4.79 Å². The van der Waals surface area contributed by atoms with Gasteiger partial charge in [-0.25, -0.2) is 0 Å². The van der Waals surface area contributed by atoms with E-state index in [0.717, 1.165) is 17.7 Å². The zero-order valence-electron chi connectivity index (χ0n) is 12.9. The standard InChI is InChI=1S/C17H18ClN3O2/c1-12-2-7-16(20-19-12)23-15-8-9-21(11-15)17(22)10-13-3-5-14(18)6-4-13/h2-7,15H,8-11H2,1H3. The fourth-order valence-corrected chi connectivity index (χ4v) is 2.69. The van der Waals surface area contributed by atoms with E-state index in [9.17, 15) is 4.79 Å². The smallest absolute Gasteiger partial charge is 0.233 e. The predicted octanol–water partition coefficient (Wildman–Crippen LogP) is 2.66. The summed E-state index contributed by atoms with van der Waals surface area (Å²) < 4.78 is 5.79. The normalized spacial score (nSPS) is 17.3. The molecule has 1 unspecified atom stereocenters. The summed E-state index contributed by atoms with van der Waals surface area (Å²) in [6.45, 7) is 3.17. The molecule has 1 atom stereocenters. The number of aryl methyl sites for hydroxylation is 1. The first kappa shape index (κ1) is 15.7. The van der Waals surface area contributed by atoms with Crippen LogP contribution in [0.25, 0.3) is 0 Å². The first-order chi connectivity index (χ1) is 11.1. The van der Waals surface area contributed by atoms with Crippen molar-refractivity contribution in [2.75, 3.05) is 13.1 Å². The van der Waals surface area contributed by atoms with Crippen molar-refractivity contribution >= 4 is 17.5 Å². The van der Waals surface area contributed by atoms with Crippen molar-refractivity contribution in [2.24, 2.45) is 0 Å². The van der Waals surface area contributed by atoms with Crippen LogP contribution in [0, 0.1) is 6.92 Å². The van der Waals surface area contributed by atoms with Crippen molar-refractivity contribution in [1.82, 2.24) is 15.1 Å². The zero-order valence-corrected chi connectivity index (χ0v) is 13.7. The Hall–Kier alpha value is -2.14. The van der Waals surface area contributed by atoms with E-state index in [1.807, 2.05) is 30.0 Å². The Balaban J connectivity index is 1.53. The van der Waals surface area contributed by atoms with Crippen molar-refractivity contribution < 1.29 is 9.53 Å². The molecule has 1 amide bonds. The lowest BCUT2D eigenvalue weighted by molar-refractivity contribution is -0.129. The van der Waals surface area contributed by atoms with Crippen molar-refractivity contribution in [3.8, 4) is 5.88 Å². The first-order valence-corrected chi connectivity index (χ1v) is 7.97. The predicted molar refractivity (Wildman–Crippen MR) is 87.5 cm³/mol. The molecule has 0 aliphatic carbocycles. The monoisotopic (exact) mass is 331 g/mol. The topological polar surface area (TPSA) is 55.3 Å². The van der Waals surface area contributed by atoms with Gasteiger partial charge in [-0.2, -0.15) is 5.10 Å². The number of aromatic nitrogens is 2. The van der Waals surface area contributed by atoms with Gasteiger partial charge in [0.15, 0.2) is 0 Å². The van der Waals surface area contributed by atoms with Gasteiger partial charge in [0.2, 0.25) is 11.8 Å². The molecule has 2 heterocycles. The Morgan fingerprint density at radius 3 is 2.74 bits per heavy atom. The minimum absolute atomic E-state index is 0.0267. The van der Waals surface area contributed by atoms with Crippen LogP contribution < -0.4 is 4.74 Å². The Labute approximate surface area is 140 Å². The number of ether oxygens (including phenoxy) is 1. The number of benzene rings is 1. The molecule has 1 aromatic heterocycles. The van der Waals surface area contributed by atoms with Gasteiger partial charge in [0.25, 0.3) is 0 Å². The molecule has 1 aliphatic rings. The minimum atomic E-state index is -0.0267. The molecule has 0 spiro atoms. The van der Waals surface area contributed by atoms with Crippen LogP contribution >= 0.6 is 11.6 Å². The SMILES string of the molecule is Cc1ccc(OC2CCN(C(=O)Cc3ccc(Cl)cc3)C2)nn1. The summed E-state index contributed by atoms with van der Waals surface area (Å²) in [5.41, 5.74) is 1.82. The molecule has 1 aromatic carbocycles. The van der Waals surface area contributed by atoms with Crippen LogP contribution in [0.2, 0.25) is 5.02 Å². The molecule has 0 saturated carbocycles. The summed E-state index contributed by atoms with van der Waals surface area (Å²) in [5, 5.41) is 8.65. The lowest BCUT2D eigenvalue weighted by Crippen LogP contribution is -2.32. The highest BCUT2D eigenvalue weighted by Crippen LogP contribution is 2.18. The Morgan fingerprint density at radius 2 is 2.04 bits per heavy atom. The molecule has 0 N–H and O–H groups in total. The highest BCUT2D eigenvalue weighted by molar-refractivity contribution is 6.30. The molecular formula is C17H18ClN3O2. The van der Waals surface area contributed by atoms with E-state index >= 15 is 0 Å². The van der Waals surface area contributed by atoms with Gasteiger partial charge in [-0.1, -0.05) is 23.7 Å². The lowest BCUT2D eigenvalue weighted by Gasteiger charge is -2.17. The van der Waals surface area contributed by atoms with E-state index in [1.165, 1.54) is 0 Å². The van der Waals surface area contributed by atoms with Gasteiger partial charge >= 0.3 is 0 Å². The number of rotatable bonds is 4. The number of hydrogen-bond donors (Lipinski definition) is 0. The third-order valence-corrected chi connectivity index (χ3v) is 4.08. The van der Waals surface area contributed by atoms with Crippen molar-refractivity contribution in [1.29, 1.82) is 0 Å². The molecule has 120 valence electrons. The Kier molecular flexibility index (Phi) is 4.76. The molecule has 1 fully saturated rings. The number of likely N-dealkylation sites (tertiary alicyclic amines) is 1. The van der Waals surface area contributed by atoms with Crippen LogP contribution in [-0.2, 0) is 11.2 Å². The summed E-state index contributed by atoms with van der Waals surface area (Å²) in [6.07, 6.45) is 1.16. The van der Waals surface area contributed by atoms with Crippen LogP contribution in [0.15, 0.2) is 36.4 Å². The third kappa shape index (κ3) is 4.20. The number of hydrogen-bond acceptors (Lipinski definition) is 4. The lowest BCUT2D eigenvalue weighted by atomic mass is 10.1. The summed E-state index contributed by atoms with van der Waals surface area (Å²) in [7, 11) is 0. The van der Waals surface area contributed by atoms with Crippen molar-refractivity contribution in [2.45, 2.75) is 25.9 Å². The Bertz CT molecular complexity index is 673. The molecule has 3 rings (SSSR count). The third-order valence-electron chi connectivity index (χ3n) is 3.83. The van der Waals surface area contributed by atoms with Crippen molar-refractivity contribution in [3.05, 3.63) is 52.7 Å². The van der Waals surface area contributed by atoms with Gasteiger partial charge < -0.3 is 9.64 Å². The number of nitrogens with zero attached hydrogens (tertiary/aromatic N) is 3. The van der Waals surface area contributed by atoms with E-state index in [4.69, 9.17) is 16.3 Å². The summed E-state index contributed by atoms with van der Waals surface area (Å²) >= 11 is 5.86. The van der Waals surface area contributed by atoms with Gasteiger partial charge in [-0.05, 0) is 30.7 Å². The molecule has 5 nitrogen and oxygen atoms in total. The maximum Gasteiger partial charge on any atom is 0.233 e. The molecule has 0 bridgehead atoms. The molecule has 1 saturated heterocycles. The number of carbonyl (C=O) groups is 1. The zero-order chi connectivity index (χ0) is 16.2. The first-order valence-electron chi connectivity index (χ1n) is 7.59. The molecule has 0 radical (unpaired) electrons. The minimum Gasteiger partial charge on any atom is -0.471 e. The van der Waals surface area contributed by atoms with Crippen LogP contribution in [-0.4, -0.2) is 40.2 Å². The fraction of sp³-hybridized carbons (Fsp3) is 0.353. The largest absolute Gasteiger partial charge is 0.471 e. The van der Waals surface area contributed by atoms with Crippen LogP contribution in [0.1, 0.15) is 17.7 Å². The van der Waals surface area contributed by atoms with E-state index in [0.29, 0.717) is 30.4 Å². The van der Waals surface area contributed by atoms with Crippen LogP contribution in [0.3, 0.4) is 0 Å². The molecule has 2 aromatic rings. The summed E-state index contributed by atoms with van der Waals surface area (Å²) in [4.78, 5) is 14.2. The number of carbonyl (C=O) groups excluding carboxylic acids is 1. The summed E-state index contributed by atoms with van der Waals surface area (Å²) in [5.74, 6) is 0.612. The average molecular weight is 332 g/mol. The van der Waals surface area contributed by atoms with Gasteiger partial charge in [0.1, 0.15) is 6.10 Å². The quantitative estimate of drug-likeness (QED) is 0.864. The highest BCUT2D eigenvalue weighted by Gasteiger charge is 2.27. The molecule has 6 heteroatoms. The van der Waals surface area contributed by atoms with E-state index in [1.54, 1.807) is 18.2 Å². The van der Waals surface area contributed by atoms with Gasteiger partial charge in [0, 0.05) is 24.1 Å². The second kappa shape index (κ2) is 6.96. The van der Waals surface area contributed by atoms with Gasteiger partial charge in [0.05, 0.1) is 18.7 Å². The summed E-state index contributed by atoms with van der Waals surface area (Å²) in [6, 6.07) is 11.0. The van der Waals surface area contributed by atoms with Crippen molar-refractivity contribution in [3.63, 3.8) is 0 Å². The molecular weight excluding hydrogens is 314 g/mol. The second-order valence-electron chi connectivity index (χ2n) is 5.68. The van der Waals surface area contributed by atoms with Crippen LogP contribution in [0.4, 0.5) is 0 Å². The maximum absolute atomic E-state index is 12.4.